The van der Waals surface area contributed by atoms with Crippen molar-refractivity contribution in [3.63, 3.8) is 0 Å². The summed E-state index contributed by atoms with van der Waals surface area (Å²) in [6.07, 6.45) is 1.54. The van der Waals surface area contributed by atoms with Crippen molar-refractivity contribution in [3.8, 4) is 17.2 Å². The summed E-state index contributed by atoms with van der Waals surface area (Å²) in [7, 11) is 1.52. The van der Waals surface area contributed by atoms with Crippen LogP contribution in [0.4, 0.5) is 0 Å². The van der Waals surface area contributed by atoms with Crippen LogP contribution in [-0.2, 0) is 6.61 Å². The highest BCUT2D eigenvalue weighted by Crippen LogP contribution is 2.29. The zero-order chi connectivity index (χ0) is 22.1. The van der Waals surface area contributed by atoms with Crippen LogP contribution in [0.25, 0.3) is 0 Å². The highest BCUT2D eigenvalue weighted by molar-refractivity contribution is 6.30. The third-order valence-corrected chi connectivity index (χ3v) is 4.56. The molecule has 0 aliphatic rings. The second-order valence-electron chi connectivity index (χ2n) is 6.45. The smallest absolute Gasteiger partial charge is 0.275 e. The molecule has 0 bridgehead atoms. The van der Waals surface area contributed by atoms with Crippen molar-refractivity contribution in [3.05, 3.63) is 88.4 Å². The van der Waals surface area contributed by atoms with Crippen molar-refractivity contribution in [1.82, 2.24) is 5.43 Å². The fraction of sp³-hybridized carbons (Fsp3) is 0.167. The number of ether oxygens (including phenoxy) is 3. The fourth-order valence-corrected chi connectivity index (χ4v) is 2.92. The first kappa shape index (κ1) is 22.2. The molecule has 160 valence electrons. The molecule has 0 saturated carbocycles. The van der Waals surface area contributed by atoms with Crippen molar-refractivity contribution in [2.24, 2.45) is 5.10 Å². The van der Waals surface area contributed by atoms with Crippen LogP contribution in [0, 0.1) is 0 Å². The van der Waals surface area contributed by atoms with Crippen LogP contribution < -0.4 is 19.6 Å². The van der Waals surface area contributed by atoms with Gasteiger partial charge in [-0.15, -0.1) is 0 Å². The highest BCUT2D eigenvalue weighted by atomic mass is 35.5. The summed E-state index contributed by atoms with van der Waals surface area (Å²) in [6.45, 7) is 2.78. The van der Waals surface area contributed by atoms with Crippen molar-refractivity contribution in [1.29, 1.82) is 0 Å². The second kappa shape index (κ2) is 11.0. The summed E-state index contributed by atoms with van der Waals surface area (Å²) in [5.41, 5.74) is 4.66. The number of halogens is 1. The van der Waals surface area contributed by atoms with Gasteiger partial charge < -0.3 is 14.2 Å². The van der Waals surface area contributed by atoms with E-state index in [1.165, 1.54) is 7.11 Å². The summed E-state index contributed by atoms with van der Waals surface area (Å²) in [6, 6.07) is 19.9. The van der Waals surface area contributed by atoms with Gasteiger partial charge in [0, 0.05) is 5.02 Å². The Kier molecular flexibility index (Phi) is 7.90. The number of benzene rings is 3. The molecule has 0 heterocycles. The number of hydrogen-bond acceptors (Lipinski definition) is 5. The quantitative estimate of drug-likeness (QED) is 0.373. The van der Waals surface area contributed by atoms with E-state index in [1.54, 1.807) is 36.5 Å². The lowest BCUT2D eigenvalue weighted by molar-refractivity contribution is 0.0952. The van der Waals surface area contributed by atoms with Crippen molar-refractivity contribution in [2.75, 3.05) is 13.7 Å². The molecule has 3 aromatic rings. The first-order chi connectivity index (χ1) is 15.1. The maximum Gasteiger partial charge on any atom is 0.275 e. The Morgan fingerprint density at radius 1 is 1.00 bits per heavy atom. The average Bonchev–Trinajstić information content (AvgIpc) is 2.79. The normalized spacial score (nSPS) is 10.7. The Morgan fingerprint density at radius 3 is 2.52 bits per heavy atom. The molecular formula is C24H23ClN2O4. The van der Waals surface area contributed by atoms with Crippen LogP contribution in [-0.4, -0.2) is 25.8 Å². The number of nitrogens with zero attached hydrogens (tertiary/aromatic N) is 1. The summed E-state index contributed by atoms with van der Waals surface area (Å²) in [4.78, 5) is 12.3. The van der Waals surface area contributed by atoms with Crippen LogP contribution >= 0.6 is 11.6 Å². The molecule has 0 atom stereocenters. The molecule has 3 aromatic carbocycles. The van der Waals surface area contributed by atoms with Gasteiger partial charge in [-0.05, 0) is 60.5 Å². The molecule has 1 N–H and O–H groups in total. The first-order valence-electron chi connectivity index (χ1n) is 9.71. The van der Waals surface area contributed by atoms with Crippen LogP contribution in [0.1, 0.15) is 28.4 Å². The Labute approximate surface area is 186 Å². The van der Waals surface area contributed by atoms with E-state index in [0.717, 1.165) is 11.1 Å². The minimum absolute atomic E-state index is 0.360. The molecule has 0 aromatic heterocycles. The van der Waals surface area contributed by atoms with E-state index in [2.05, 4.69) is 10.5 Å². The minimum Gasteiger partial charge on any atom is -0.496 e. The van der Waals surface area contributed by atoms with E-state index in [4.69, 9.17) is 25.8 Å². The second-order valence-corrected chi connectivity index (χ2v) is 6.89. The Balaban J connectivity index is 1.66. The van der Waals surface area contributed by atoms with Crippen LogP contribution in [0.5, 0.6) is 17.2 Å². The molecule has 0 saturated heterocycles. The van der Waals surface area contributed by atoms with Crippen LogP contribution in [0.2, 0.25) is 5.02 Å². The van der Waals surface area contributed by atoms with Gasteiger partial charge in [0.1, 0.15) is 12.4 Å². The van der Waals surface area contributed by atoms with E-state index in [9.17, 15) is 4.79 Å². The molecule has 0 aliphatic carbocycles. The fourth-order valence-electron chi connectivity index (χ4n) is 2.79. The van der Waals surface area contributed by atoms with Gasteiger partial charge in [-0.1, -0.05) is 35.9 Å². The standard InChI is InChI=1S/C24H23ClN2O4/c1-3-30-23-14-18(10-13-22(23)31-16-17-8-11-19(25)12-9-17)15-26-27-24(28)20-6-4-5-7-21(20)29-2/h4-15H,3,16H2,1-2H3,(H,27,28). The average molecular weight is 439 g/mol. The number of methoxy groups -OCH3 is 1. The van der Waals surface area contributed by atoms with E-state index in [0.29, 0.717) is 41.0 Å². The lowest BCUT2D eigenvalue weighted by Crippen LogP contribution is -2.18. The maximum atomic E-state index is 12.3. The molecule has 0 radical (unpaired) electrons. The molecule has 1 amide bonds. The van der Waals surface area contributed by atoms with E-state index < -0.39 is 0 Å². The molecule has 0 spiro atoms. The summed E-state index contributed by atoms with van der Waals surface area (Å²) in [5.74, 6) is 1.33. The van der Waals surface area contributed by atoms with Crippen LogP contribution in [0.3, 0.4) is 0 Å². The SMILES string of the molecule is CCOc1cc(C=NNC(=O)c2ccccc2OC)ccc1OCc1ccc(Cl)cc1. The van der Waals surface area contributed by atoms with Crippen LogP contribution in [0.15, 0.2) is 71.8 Å². The van der Waals surface area contributed by atoms with Gasteiger partial charge in [0.05, 0.1) is 25.5 Å². The van der Waals surface area contributed by atoms with Gasteiger partial charge in [-0.2, -0.15) is 5.10 Å². The molecular weight excluding hydrogens is 416 g/mol. The summed E-state index contributed by atoms with van der Waals surface area (Å²) >= 11 is 5.92. The molecule has 3 rings (SSSR count). The number of hydrazone groups is 1. The highest BCUT2D eigenvalue weighted by Gasteiger charge is 2.10. The van der Waals surface area contributed by atoms with Gasteiger partial charge in [0.2, 0.25) is 0 Å². The number of hydrogen-bond donors (Lipinski definition) is 1. The largest absolute Gasteiger partial charge is 0.496 e. The number of rotatable bonds is 9. The van der Waals surface area contributed by atoms with Crippen molar-refractivity contribution < 1.29 is 19.0 Å². The molecule has 0 aliphatic heterocycles. The molecule has 6 nitrogen and oxygen atoms in total. The molecule has 31 heavy (non-hydrogen) atoms. The Bertz CT molecular complexity index is 1050. The lowest BCUT2D eigenvalue weighted by Gasteiger charge is -2.12. The number of para-hydroxylation sites is 1. The summed E-state index contributed by atoms with van der Waals surface area (Å²) < 4.78 is 16.8. The molecule has 0 fully saturated rings. The zero-order valence-corrected chi connectivity index (χ0v) is 18.1. The number of nitrogens with one attached hydrogen (secondary N) is 1. The van der Waals surface area contributed by atoms with Gasteiger partial charge in [0.25, 0.3) is 5.91 Å². The van der Waals surface area contributed by atoms with E-state index in [-0.39, 0.29) is 5.91 Å². The zero-order valence-electron chi connectivity index (χ0n) is 17.3. The topological polar surface area (TPSA) is 69.2 Å². The van der Waals surface area contributed by atoms with Crippen molar-refractivity contribution >= 4 is 23.7 Å². The van der Waals surface area contributed by atoms with Gasteiger partial charge in [-0.3, -0.25) is 4.79 Å². The Morgan fingerprint density at radius 2 is 1.77 bits per heavy atom. The van der Waals surface area contributed by atoms with E-state index in [1.807, 2.05) is 43.3 Å². The number of carbonyl (C=O) groups excluding carboxylic acids is 1. The molecule has 0 unspecified atom stereocenters. The predicted molar refractivity (Wildman–Crippen MR) is 121 cm³/mol. The predicted octanol–water partition coefficient (Wildman–Crippen LogP) is 5.09. The number of amides is 1. The first-order valence-corrected chi connectivity index (χ1v) is 10.1. The third-order valence-electron chi connectivity index (χ3n) is 4.31. The maximum absolute atomic E-state index is 12.3. The van der Waals surface area contributed by atoms with Gasteiger partial charge in [-0.25, -0.2) is 5.43 Å². The van der Waals surface area contributed by atoms with Crippen molar-refractivity contribution in [2.45, 2.75) is 13.5 Å². The van der Waals surface area contributed by atoms with Gasteiger partial charge in [0.15, 0.2) is 11.5 Å². The molecule has 7 heteroatoms. The third kappa shape index (κ3) is 6.23. The van der Waals surface area contributed by atoms with Gasteiger partial charge >= 0.3 is 0 Å². The monoisotopic (exact) mass is 438 g/mol. The van der Waals surface area contributed by atoms with E-state index >= 15 is 0 Å². The number of carbonyl (C=O) groups is 1. The summed E-state index contributed by atoms with van der Waals surface area (Å²) in [5, 5.41) is 4.72. The Hall–Kier alpha value is -3.51. The lowest BCUT2D eigenvalue weighted by atomic mass is 10.2. The minimum atomic E-state index is -0.360.